The van der Waals surface area contributed by atoms with Gasteiger partial charge >= 0.3 is 6.18 Å². The molecule has 0 unspecified atom stereocenters. The zero-order chi connectivity index (χ0) is 19.9. The number of benzene rings is 1. The molecule has 0 fully saturated rings. The van der Waals surface area contributed by atoms with E-state index in [9.17, 15) is 18.0 Å². The van der Waals surface area contributed by atoms with Crippen molar-refractivity contribution in [1.82, 2.24) is 15.1 Å². The Balaban J connectivity index is 1.87. The van der Waals surface area contributed by atoms with Gasteiger partial charge in [-0.3, -0.25) is 4.79 Å². The van der Waals surface area contributed by atoms with Crippen LogP contribution in [0.1, 0.15) is 32.3 Å². The summed E-state index contributed by atoms with van der Waals surface area (Å²) in [5.41, 5.74) is -0.799. The lowest BCUT2D eigenvalue weighted by Gasteiger charge is -2.18. The number of nitrogens with zero attached hydrogens (tertiary/aromatic N) is 3. The van der Waals surface area contributed by atoms with Gasteiger partial charge in [0.1, 0.15) is 0 Å². The molecule has 0 saturated carbocycles. The first kappa shape index (κ1) is 21.5. The van der Waals surface area contributed by atoms with Gasteiger partial charge in [0.25, 0.3) is 0 Å². The van der Waals surface area contributed by atoms with Crippen molar-refractivity contribution in [2.75, 3.05) is 24.2 Å². The molecule has 0 saturated heterocycles. The van der Waals surface area contributed by atoms with Gasteiger partial charge in [-0.05, 0) is 32.4 Å². The van der Waals surface area contributed by atoms with E-state index in [1.165, 1.54) is 41.3 Å². The van der Waals surface area contributed by atoms with Gasteiger partial charge in [-0.25, -0.2) is 0 Å². The topological polar surface area (TPSA) is 58.1 Å². The van der Waals surface area contributed by atoms with Crippen LogP contribution in [0.4, 0.5) is 24.0 Å². The smallest absolute Gasteiger partial charge is 0.343 e. The Hall–Kier alpha value is -1.81. The van der Waals surface area contributed by atoms with Gasteiger partial charge in [-0.15, -0.1) is 10.2 Å². The number of hydrogen-bond acceptors (Lipinski definition) is 6. The van der Waals surface area contributed by atoms with Crippen molar-refractivity contribution in [2.45, 2.75) is 37.2 Å². The van der Waals surface area contributed by atoms with E-state index in [1.54, 1.807) is 4.90 Å². The summed E-state index contributed by atoms with van der Waals surface area (Å²) in [6.07, 6.45) is -3.26. The Morgan fingerprint density at radius 3 is 2.59 bits per heavy atom. The number of anilines is 2. The zero-order valence-corrected chi connectivity index (χ0v) is 16.7. The van der Waals surface area contributed by atoms with E-state index in [-0.39, 0.29) is 11.6 Å². The van der Waals surface area contributed by atoms with E-state index in [4.69, 9.17) is 0 Å². The Morgan fingerprint density at radius 1 is 1.22 bits per heavy atom. The molecule has 5 nitrogen and oxygen atoms in total. The minimum atomic E-state index is -4.44. The summed E-state index contributed by atoms with van der Waals surface area (Å²) in [6.45, 7) is 5.30. The fourth-order valence-electron chi connectivity index (χ4n) is 2.39. The number of amides is 1. The summed E-state index contributed by atoms with van der Waals surface area (Å²) in [5.74, 6) is 0.824. The summed E-state index contributed by atoms with van der Waals surface area (Å²) in [7, 11) is 0. The highest BCUT2D eigenvalue weighted by molar-refractivity contribution is 8.01. The molecule has 0 aliphatic carbocycles. The van der Waals surface area contributed by atoms with Crippen LogP contribution < -0.4 is 5.32 Å². The number of carbonyl (C=O) groups is 1. The summed E-state index contributed by atoms with van der Waals surface area (Å²) in [4.78, 5) is 13.7. The molecular weight excluding hydrogens is 397 g/mol. The summed E-state index contributed by atoms with van der Waals surface area (Å²) < 4.78 is 39.7. The highest BCUT2D eigenvalue weighted by Gasteiger charge is 2.33. The molecule has 148 valence electrons. The van der Waals surface area contributed by atoms with Crippen LogP contribution in [-0.2, 0) is 11.0 Å². The van der Waals surface area contributed by atoms with Crippen molar-refractivity contribution in [2.24, 2.45) is 0 Å². The van der Waals surface area contributed by atoms with E-state index in [0.717, 1.165) is 6.07 Å². The summed E-state index contributed by atoms with van der Waals surface area (Å²) >= 11 is 2.63. The number of aromatic nitrogens is 2. The average Bonchev–Trinajstić information content (AvgIpc) is 3.06. The lowest BCUT2D eigenvalue weighted by Crippen LogP contribution is -2.30. The van der Waals surface area contributed by atoms with Crippen LogP contribution in [0.3, 0.4) is 0 Å². The molecule has 1 amide bonds. The third-order valence-electron chi connectivity index (χ3n) is 3.76. The molecule has 1 aromatic carbocycles. The van der Waals surface area contributed by atoms with Gasteiger partial charge in [0, 0.05) is 25.3 Å². The predicted molar refractivity (Wildman–Crippen MR) is 103 cm³/mol. The SMILES string of the molecule is CCN(CC)C(=O)CCCSc1nnc(Nc2ccccc2C(F)(F)F)s1. The quantitative estimate of drug-likeness (QED) is 0.457. The zero-order valence-electron chi connectivity index (χ0n) is 15.0. The van der Waals surface area contributed by atoms with Gasteiger partial charge in [0.05, 0.1) is 11.3 Å². The van der Waals surface area contributed by atoms with Crippen molar-refractivity contribution in [3.8, 4) is 0 Å². The first-order chi connectivity index (χ1) is 12.8. The number of rotatable bonds is 9. The fraction of sp³-hybridized carbons (Fsp3) is 0.471. The van der Waals surface area contributed by atoms with Gasteiger partial charge in [0.2, 0.25) is 11.0 Å². The van der Waals surface area contributed by atoms with Gasteiger partial charge < -0.3 is 10.2 Å². The predicted octanol–water partition coefficient (Wildman–Crippen LogP) is 5.04. The largest absolute Gasteiger partial charge is 0.418 e. The number of carbonyl (C=O) groups excluding carboxylic acids is 1. The van der Waals surface area contributed by atoms with Crippen molar-refractivity contribution < 1.29 is 18.0 Å². The maximum atomic E-state index is 13.0. The Morgan fingerprint density at radius 2 is 1.93 bits per heavy atom. The molecule has 0 radical (unpaired) electrons. The second-order valence-corrected chi connectivity index (χ2v) is 7.88. The first-order valence-corrected chi connectivity index (χ1v) is 10.3. The molecule has 2 rings (SSSR count). The second-order valence-electron chi connectivity index (χ2n) is 5.56. The molecule has 1 aromatic heterocycles. The van der Waals surface area contributed by atoms with E-state index < -0.39 is 11.7 Å². The van der Waals surface area contributed by atoms with E-state index in [1.807, 2.05) is 13.8 Å². The highest BCUT2D eigenvalue weighted by Crippen LogP contribution is 2.37. The number of halogens is 3. The minimum absolute atomic E-state index is 0.0532. The van der Waals surface area contributed by atoms with Crippen molar-refractivity contribution in [3.05, 3.63) is 29.8 Å². The molecule has 1 heterocycles. The van der Waals surface area contributed by atoms with Crippen LogP contribution in [0, 0.1) is 0 Å². The first-order valence-electron chi connectivity index (χ1n) is 8.52. The minimum Gasteiger partial charge on any atom is -0.343 e. The summed E-state index contributed by atoms with van der Waals surface area (Å²) in [5, 5.41) is 10.9. The Bertz CT molecular complexity index is 748. The van der Waals surface area contributed by atoms with Crippen LogP contribution >= 0.6 is 23.1 Å². The van der Waals surface area contributed by atoms with Crippen molar-refractivity contribution >= 4 is 39.8 Å². The van der Waals surface area contributed by atoms with E-state index in [0.29, 0.717) is 41.2 Å². The molecule has 27 heavy (non-hydrogen) atoms. The fourth-order valence-corrected chi connectivity index (χ4v) is 4.16. The lowest BCUT2D eigenvalue weighted by atomic mass is 10.2. The maximum absolute atomic E-state index is 13.0. The van der Waals surface area contributed by atoms with Crippen LogP contribution in [0.2, 0.25) is 0 Å². The highest BCUT2D eigenvalue weighted by atomic mass is 32.2. The molecular formula is C17H21F3N4OS2. The normalized spacial score (nSPS) is 11.4. The molecule has 0 aliphatic rings. The number of hydrogen-bond donors (Lipinski definition) is 1. The average molecular weight is 419 g/mol. The Labute approximate surface area is 164 Å². The number of thioether (sulfide) groups is 1. The lowest BCUT2D eigenvalue weighted by molar-refractivity contribution is -0.137. The molecule has 10 heteroatoms. The van der Waals surface area contributed by atoms with Crippen LogP contribution in [0.15, 0.2) is 28.6 Å². The molecule has 2 aromatic rings. The Kier molecular flexibility index (Phi) is 7.91. The number of para-hydroxylation sites is 1. The number of nitrogens with one attached hydrogen (secondary N) is 1. The van der Waals surface area contributed by atoms with Gasteiger partial charge in [-0.1, -0.05) is 35.2 Å². The molecule has 0 aliphatic heterocycles. The summed E-state index contributed by atoms with van der Waals surface area (Å²) in [6, 6.07) is 5.25. The molecule has 0 spiro atoms. The third kappa shape index (κ3) is 6.39. The monoisotopic (exact) mass is 418 g/mol. The van der Waals surface area contributed by atoms with Crippen LogP contribution in [-0.4, -0.2) is 39.8 Å². The molecule has 0 bridgehead atoms. The molecule has 0 atom stereocenters. The van der Waals surface area contributed by atoms with E-state index in [2.05, 4.69) is 15.5 Å². The third-order valence-corrected chi connectivity index (χ3v) is 5.82. The maximum Gasteiger partial charge on any atom is 0.418 e. The van der Waals surface area contributed by atoms with Crippen molar-refractivity contribution in [1.29, 1.82) is 0 Å². The van der Waals surface area contributed by atoms with Crippen LogP contribution in [0.5, 0.6) is 0 Å². The number of alkyl halides is 3. The van der Waals surface area contributed by atoms with Crippen molar-refractivity contribution in [3.63, 3.8) is 0 Å². The van der Waals surface area contributed by atoms with Gasteiger partial charge in [0.15, 0.2) is 4.34 Å². The standard InChI is InChI=1S/C17H21F3N4OS2/c1-3-24(4-2)14(25)10-7-11-26-16-23-22-15(27-16)21-13-9-6-5-8-12(13)17(18,19)20/h5-6,8-9H,3-4,7,10-11H2,1-2H3,(H,21,22). The molecule has 1 N–H and O–H groups in total. The van der Waals surface area contributed by atoms with Crippen LogP contribution in [0.25, 0.3) is 0 Å². The van der Waals surface area contributed by atoms with E-state index >= 15 is 0 Å². The van der Waals surface area contributed by atoms with Gasteiger partial charge in [-0.2, -0.15) is 13.2 Å². The second kappa shape index (κ2) is 9.93.